The van der Waals surface area contributed by atoms with E-state index in [9.17, 15) is 0 Å². The van der Waals surface area contributed by atoms with E-state index in [2.05, 4.69) is 167 Å². The smallest absolute Gasteiger partial charge is 0.0937 e. The molecule has 6 aromatic carbocycles. The zero-order valence-electron chi connectivity index (χ0n) is 27.9. The van der Waals surface area contributed by atoms with Crippen LogP contribution in [0.3, 0.4) is 0 Å². The highest BCUT2D eigenvalue weighted by atomic mass is 32.2. The molecule has 0 unspecified atom stereocenters. The molecular weight excluding hydrogens is 653 g/mol. The van der Waals surface area contributed by atoms with E-state index in [-0.39, 0.29) is 0 Å². The highest BCUT2D eigenvalue weighted by molar-refractivity contribution is 7.99. The van der Waals surface area contributed by atoms with Gasteiger partial charge in [0.2, 0.25) is 0 Å². The van der Waals surface area contributed by atoms with Gasteiger partial charge in [-0.1, -0.05) is 103 Å². The van der Waals surface area contributed by atoms with Gasteiger partial charge >= 0.3 is 0 Å². The maximum atomic E-state index is 4.91. The summed E-state index contributed by atoms with van der Waals surface area (Å²) in [4.78, 5) is 12.3. The number of hydrogen-bond donors (Lipinski definition) is 0. The van der Waals surface area contributed by atoms with Crippen molar-refractivity contribution in [3.05, 3.63) is 192 Å². The number of fused-ring (bicyclic) bond motifs is 15. The second-order valence-corrected chi connectivity index (χ2v) is 14.8. The first-order chi connectivity index (χ1) is 25.8. The van der Waals surface area contributed by atoms with Crippen molar-refractivity contribution >= 4 is 55.4 Å². The standard InChI is InChI=1S/C47H28N4S/c1-5-17-39-31(11-1)32-12-2-6-18-40(32)50(39)29-22-24-42-34(27-29)33-13-3-7-19-41(33)51(42)30-21-23-36-44(28-30)52-43-20-8-4-14-35(43)47(36)37-15-9-25-48-45(37)46-38(47)16-10-26-49-46/h1-28H. The maximum Gasteiger partial charge on any atom is 0.0937 e. The summed E-state index contributed by atoms with van der Waals surface area (Å²) in [6.07, 6.45) is 3.78. The molecule has 0 radical (unpaired) electrons. The Bertz CT molecular complexity index is 3030. The van der Waals surface area contributed by atoms with Crippen LogP contribution in [0.5, 0.6) is 0 Å². The Morgan fingerprint density at radius 2 is 0.865 bits per heavy atom. The molecule has 0 bridgehead atoms. The Hall–Kier alpha value is -6.43. The van der Waals surface area contributed by atoms with Gasteiger partial charge in [-0.25, -0.2) is 0 Å². The van der Waals surface area contributed by atoms with Crippen molar-refractivity contribution in [2.24, 2.45) is 0 Å². The first-order valence-corrected chi connectivity index (χ1v) is 18.5. The van der Waals surface area contributed by atoms with E-state index in [4.69, 9.17) is 9.97 Å². The maximum absolute atomic E-state index is 4.91. The Kier molecular flexibility index (Phi) is 5.61. The molecule has 0 fully saturated rings. The molecule has 4 aromatic heterocycles. The molecule has 52 heavy (non-hydrogen) atoms. The zero-order chi connectivity index (χ0) is 34.0. The molecule has 2 aliphatic rings. The first kappa shape index (κ1) is 28.3. The third kappa shape index (κ3) is 3.53. The van der Waals surface area contributed by atoms with Crippen LogP contribution in [0.2, 0.25) is 0 Å². The van der Waals surface area contributed by atoms with Gasteiger partial charge in [-0.15, -0.1) is 0 Å². The van der Waals surface area contributed by atoms with Crippen molar-refractivity contribution in [3.63, 3.8) is 0 Å². The summed E-state index contributed by atoms with van der Waals surface area (Å²) in [6.45, 7) is 0. The number of pyridine rings is 2. The molecule has 0 atom stereocenters. The molecule has 1 aliphatic heterocycles. The minimum atomic E-state index is -0.499. The lowest BCUT2D eigenvalue weighted by atomic mass is 9.67. The van der Waals surface area contributed by atoms with E-state index in [1.807, 2.05) is 24.2 Å². The first-order valence-electron chi connectivity index (χ1n) is 17.7. The van der Waals surface area contributed by atoms with Gasteiger partial charge in [-0.05, 0) is 89.0 Å². The highest BCUT2D eigenvalue weighted by Crippen LogP contribution is 2.61. The third-order valence-electron chi connectivity index (χ3n) is 11.3. The zero-order valence-corrected chi connectivity index (χ0v) is 28.7. The van der Waals surface area contributed by atoms with Crippen molar-refractivity contribution < 1.29 is 0 Å². The van der Waals surface area contributed by atoms with Crippen LogP contribution in [0.15, 0.2) is 180 Å². The van der Waals surface area contributed by atoms with E-state index < -0.39 is 5.41 Å². The second kappa shape index (κ2) is 10.3. The Morgan fingerprint density at radius 1 is 0.385 bits per heavy atom. The molecule has 0 N–H and O–H groups in total. The molecule has 1 aliphatic carbocycles. The second-order valence-electron chi connectivity index (χ2n) is 13.8. The Labute approximate surface area is 303 Å². The summed E-state index contributed by atoms with van der Waals surface area (Å²) in [5.74, 6) is 0. The summed E-state index contributed by atoms with van der Waals surface area (Å²) in [6, 6.07) is 57.8. The summed E-state index contributed by atoms with van der Waals surface area (Å²) < 4.78 is 4.84. The van der Waals surface area contributed by atoms with Gasteiger partial charge in [0, 0.05) is 55.1 Å². The van der Waals surface area contributed by atoms with E-state index in [0.717, 1.165) is 22.8 Å². The van der Waals surface area contributed by atoms with E-state index in [0.29, 0.717) is 0 Å². The number of benzene rings is 6. The largest absolute Gasteiger partial charge is 0.309 e. The number of para-hydroxylation sites is 3. The minimum absolute atomic E-state index is 0.499. The van der Waals surface area contributed by atoms with Crippen LogP contribution in [0.25, 0.3) is 66.4 Å². The molecule has 1 spiro atoms. The Balaban J connectivity index is 1.10. The van der Waals surface area contributed by atoms with Crippen molar-refractivity contribution in [1.29, 1.82) is 0 Å². The van der Waals surface area contributed by atoms with Gasteiger partial charge in [-0.2, -0.15) is 0 Å². The summed E-state index contributed by atoms with van der Waals surface area (Å²) >= 11 is 1.86. The van der Waals surface area contributed by atoms with Gasteiger partial charge in [0.25, 0.3) is 0 Å². The number of rotatable bonds is 2. The fourth-order valence-electron chi connectivity index (χ4n) is 9.27. The summed E-state index contributed by atoms with van der Waals surface area (Å²) in [5, 5.41) is 5.01. The van der Waals surface area contributed by atoms with Crippen molar-refractivity contribution in [3.8, 4) is 22.8 Å². The molecule has 4 nitrogen and oxygen atoms in total. The fourth-order valence-corrected chi connectivity index (χ4v) is 10.5. The third-order valence-corrected chi connectivity index (χ3v) is 12.4. The molecule has 242 valence electrons. The number of aromatic nitrogens is 4. The van der Waals surface area contributed by atoms with Crippen LogP contribution in [-0.2, 0) is 5.41 Å². The molecule has 10 aromatic rings. The number of hydrogen-bond acceptors (Lipinski definition) is 3. The normalized spacial score (nSPS) is 13.8. The van der Waals surface area contributed by atoms with Crippen molar-refractivity contribution in [2.45, 2.75) is 15.2 Å². The lowest BCUT2D eigenvalue weighted by molar-refractivity contribution is 0.719. The van der Waals surface area contributed by atoms with Crippen molar-refractivity contribution in [1.82, 2.24) is 19.1 Å². The number of nitrogens with zero attached hydrogens (tertiary/aromatic N) is 4. The molecular formula is C47H28N4S. The van der Waals surface area contributed by atoms with Crippen LogP contribution in [0.4, 0.5) is 0 Å². The summed E-state index contributed by atoms with van der Waals surface area (Å²) in [5.41, 5.74) is 13.5. The van der Waals surface area contributed by atoms with Crippen LogP contribution < -0.4 is 0 Å². The molecule has 0 amide bonds. The average Bonchev–Trinajstić information content (AvgIpc) is 3.82. The van der Waals surface area contributed by atoms with Crippen LogP contribution in [0.1, 0.15) is 22.3 Å². The topological polar surface area (TPSA) is 35.6 Å². The SMILES string of the molecule is c1ccc2c(c1)Sc1cc(-n3c4ccccc4c4cc(-n5c6ccccc6c6ccccc65)ccc43)ccc1C21c2cccnc2-c2ncccc21. The predicted octanol–water partition coefficient (Wildman–Crippen LogP) is 11.5. The predicted molar refractivity (Wildman–Crippen MR) is 212 cm³/mol. The van der Waals surface area contributed by atoms with Gasteiger partial charge in [0.1, 0.15) is 0 Å². The molecule has 12 rings (SSSR count). The Morgan fingerprint density at radius 3 is 1.52 bits per heavy atom. The quantitative estimate of drug-likeness (QED) is 0.182. The van der Waals surface area contributed by atoms with E-state index >= 15 is 0 Å². The highest BCUT2D eigenvalue weighted by Gasteiger charge is 2.51. The summed E-state index contributed by atoms with van der Waals surface area (Å²) in [7, 11) is 0. The van der Waals surface area contributed by atoms with Gasteiger partial charge in [0.15, 0.2) is 0 Å². The lowest BCUT2D eigenvalue weighted by Crippen LogP contribution is -2.32. The van der Waals surface area contributed by atoms with Gasteiger partial charge < -0.3 is 9.13 Å². The monoisotopic (exact) mass is 680 g/mol. The van der Waals surface area contributed by atoms with Gasteiger partial charge in [0.05, 0.1) is 38.9 Å². The lowest BCUT2D eigenvalue weighted by Gasteiger charge is -2.39. The van der Waals surface area contributed by atoms with E-state index in [1.165, 1.54) is 75.7 Å². The van der Waals surface area contributed by atoms with Crippen molar-refractivity contribution in [2.75, 3.05) is 0 Å². The molecule has 0 saturated heterocycles. The minimum Gasteiger partial charge on any atom is -0.309 e. The van der Waals surface area contributed by atoms with Crippen LogP contribution in [-0.4, -0.2) is 19.1 Å². The molecule has 5 heteroatoms. The fraction of sp³-hybridized carbons (Fsp3) is 0.0213. The van der Waals surface area contributed by atoms with Gasteiger partial charge in [-0.3, -0.25) is 9.97 Å². The van der Waals surface area contributed by atoms with Crippen LogP contribution in [0, 0.1) is 0 Å². The molecule has 0 saturated carbocycles. The molecule has 5 heterocycles. The average molecular weight is 681 g/mol. The van der Waals surface area contributed by atoms with Crippen LogP contribution >= 0.6 is 11.8 Å². The van der Waals surface area contributed by atoms with E-state index in [1.54, 1.807) is 0 Å².